The lowest BCUT2D eigenvalue weighted by molar-refractivity contribution is 0.102. The van der Waals surface area contributed by atoms with Gasteiger partial charge in [-0.3, -0.25) is 9.78 Å². The van der Waals surface area contributed by atoms with Gasteiger partial charge in [0.05, 0.1) is 0 Å². The molecule has 0 saturated heterocycles. The highest BCUT2D eigenvalue weighted by Crippen LogP contribution is 2.29. The summed E-state index contributed by atoms with van der Waals surface area (Å²) in [7, 11) is 0. The van der Waals surface area contributed by atoms with Crippen LogP contribution in [0.2, 0.25) is 0 Å². The highest BCUT2D eigenvalue weighted by atomic mass is 16.1. The Morgan fingerprint density at radius 1 is 1.04 bits per heavy atom. The summed E-state index contributed by atoms with van der Waals surface area (Å²) in [5.74, 6) is 0.331. The molecule has 1 aromatic carbocycles. The van der Waals surface area contributed by atoms with Gasteiger partial charge in [0.2, 0.25) is 0 Å². The van der Waals surface area contributed by atoms with E-state index in [1.54, 1.807) is 18.5 Å². The quantitative estimate of drug-likeness (QED) is 0.717. The molecule has 0 aliphatic carbocycles. The summed E-state index contributed by atoms with van der Waals surface area (Å²) in [6.45, 7) is 6.94. The van der Waals surface area contributed by atoms with Crippen molar-refractivity contribution in [3.63, 3.8) is 0 Å². The lowest BCUT2D eigenvalue weighted by atomic mass is 9.86. The maximum absolute atomic E-state index is 12.7. The van der Waals surface area contributed by atoms with E-state index in [9.17, 15) is 4.79 Å². The molecule has 0 bridgehead atoms. The van der Waals surface area contributed by atoms with Crippen LogP contribution in [-0.2, 0) is 12.0 Å². The number of pyridine rings is 1. The minimum Gasteiger partial charge on any atom is -0.366 e. The largest absolute Gasteiger partial charge is 0.366 e. The van der Waals surface area contributed by atoms with Crippen molar-refractivity contribution in [3.8, 4) is 0 Å². The number of nitrogens with one attached hydrogen (secondary N) is 2. The number of carbonyl (C=O) groups excluding carboxylic acids is 1. The molecular formula is C21H23N5O. The first-order valence-electron chi connectivity index (χ1n) is 8.79. The first-order valence-corrected chi connectivity index (χ1v) is 8.79. The molecule has 0 fully saturated rings. The number of para-hydroxylation sites is 1. The van der Waals surface area contributed by atoms with Crippen LogP contribution in [0.5, 0.6) is 0 Å². The highest BCUT2D eigenvalue weighted by molar-refractivity contribution is 6.03. The lowest BCUT2D eigenvalue weighted by Crippen LogP contribution is -2.19. The molecule has 0 radical (unpaired) electrons. The van der Waals surface area contributed by atoms with Crippen LogP contribution in [0.15, 0.2) is 61.2 Å². The molecule has 0 aliphatic rings. The number of hydrogen-bond acceptors (Lipinski definition) is 5. The van der Waals surface area contributed by atoms with Crippen molar-refractivity contribution in [2.75, 3.05) is 10.6 Å². The molecule has 2 aromatic heterocycles. The van der Waals surface area contributed by atoms with Crippen molar-refractivity contribution < 1.29 is 4.79 Å². The van der Waals surface area contributed by atoms with E-state index >= 15 is 0 Å². The Hall–Kier alpha value is -3.28. The third-order valence-electron chi connectivity index (χ3n) is 4.11. The van der Waals surface area contributed by atoms with Crippen molar-refractivity contribution in [1.82, 2.24) is 15.0 Å². The van der Waals surface area contributed by atoms with E-state index in [0.717, 1.165) is 16.8 Å². The molecule has 0 spiro atoms. The number of nitrogens with zero attached hydrogens (tertiary/aromatic N) is 3. The highest BCUT2D eigenvalue weighted by Gasteiger charge is 2.19. The lowest BCUT2D eigenvalue weighted by Gasteiger charge is -2.22. The van der Waals surface area contributed by atoms with Crippen LogP contribution in [0.1, 0.15) is 42.4 Å². The fourth-order valence-corrected chi connectivity index (χ4v) is 2.70. The van der Waals surface area contributed by atoms with E-state index in [2.05, 4.69) is 46.4 Å². The van der Waals surface area contributed by atoms with E-state index in [1.165, 1.54) is 6.33 Å². The van der Waals surface area contributed by atoms with Crippen molar-refractivity contribution in [2.24, 2.45) is 0 Å². The molecule has 2 heterocycles. The monoisotopic (exact) mass is 361 g/mol. The molecule has 0 unspecified atom stereocenters. The summed E-state index contributed by atoms with van der Waals surface area (Å²) < 4.78 is 0. The standard InChI is InChI=1S/C21H23N5O/c1-21(2,3)16-6-4-5-7-17(16)26-20(27)18-12-19(25-14-24-18)23-13-15-8-10-22-11-9-15/h4-12,14H,13H2,1-3H3,(H,26,27)(H,23,24,25). The fraction of sp³-hybridized carbons (Fsp3) is 0.238. The predicted molar refractivity (Wildman–Crippen MR) is 107 cm³/mol. The van der Waals surface area contributed by atoms with Gasteiger partial charge in [-0.15, -0.1) is 0 Å². The zero-order valence-corrected chi connectivity index (χ0v) is 15.7. The van der Waals surface area contributed by atoms with Crippen molar-refractivity contribution in [2.45, 2.75) is 32.7 Å². The topological polar surface area (TPSA) is 79.8 Å². The van der Waals surface area contributed by atoms with E-state index in [0.29, 0.717) is 18.1 Å². The third-order valence-corrected chi connectivity index (χ3v) is 4.11. The van der Waals surface area contributed by atoms with Gasteiger partial charge in [0.1, 0.15) is 17.8 Å². The molecule has 6 heteroatoms. The van der Waals surface area contributed by atoms with Crippen LogP contribution in [-0.4, -0.2) is 20.9 Å². The number of carbonyl (C=O) groups is 1. The summed E-state index contributed by atoms with van der Waals surface area (Å²) in [5, 5.41) is 6.17. The second-order valence-corrected chi connectivity index (χ2v) is 7.25. The first kappa shape index (κ1) is 18.5. The van der Waals surface area contributed by atoms with Crippen molar-refractivity contribution in [3.05, 3.63) is 78.0 Å². The Labute approximate surface area is 159 Å². The van der Waals surface area contributed by atoms with E-state index in [-0.39, 0.29) is 11.3 Å². The minimum absolute atomic E-state index is 0.0766. The van der Waals surface area contributed by atoms with E-state index < -0.39 is 0 Å². The number of hydrogen-bond donors (Lipinski definition) is 2. The molecule has 3 aromatic rings. The Morgan fingerprint density at radius 3 is 2.52 bits per heavy atom. The Balaban J connectivity index is 1.73. The van der Waals surface area contributed by atoms with Gasteiger partial charge in [-0.1, -0.05) is 39.0 Å². The summed E-state index contributed by atoms with van der Waals surface area (Å²) in [5.41, 5.74) is 3.18. The number of amides is 1. The molecule has 2 N–H and O–H groups in total. The van der Waals surface area contributed by atoms with Crippen molar-refractivity contribution >= 4 is 17.4 Å². The predicted octanol–water partition coefficient (Wildman–Crippen LogP) is 4.03. The molecule has 27 heavy (non-hydrogen) atoms. The number of aromatic nitrogens is 3. The van der Waals surface area contributed by atoms with Crippen LogP contribution in [0, 0.1) is 0 Å². The number of rotatable bonds is 5. The normalized spacial score (nSPS) is 11.1. The number of anilines is 2. The average Bonchev–Trinajstić information content (AvgIpc) is 2.67. The van der Waals surface area contributed by atoms with Crippen molar-refractivity contribution in [1.29, 1.82) is 0 Å². The minimum atomic E-state index is -0.263. The summed E-state index contributed by atoms with van der Waals surface area (Å²) in [6.07, 6.45) is 4.87. The molecule has 3 rings (SSSR count). The van der Waals surface area contributed by atoms with Gasteiger partial charge in [-0.25, -0.2) is 9.97 Å². The van der Waals surface area contributed by atoms with E-state index in [1.807, 2.05) is 36.4 Å². The van der Waals surface area contributed by atoms with Gasteiger partial charge in [0.15, 0.2) is 0 Å². The van der Waals surface area contributed by atoms with Crippen LogP contribution < -0.4 is 10.6 Å². The van der Waals surface area contributed by atoms with Gasteiger partial charge in [0.25, 0.3) is 5.91 Å². The molecule has 6 nitrogen and oxygen atoms in total. The average molecular weight is 361 g/mol. The Kier molecular flexibility index (Phi) is 5.45. The SMILES string of the molecule is CC(C)(C)c1ccccc1NC(=O)c1cc(NCc2ccncc2)ncn1. The summed E-state index contributed by atoms with van der Waals surface area (Å²) in [4.78, 5) is 25.0. The maximum atomic E-state index is 12.7. The fourth-order valence-electron chi connectivity index (χ4n) is 2.70. The van der Waals surface area contributed by atoms with E-state index in [4.69, 9.17) is 0 Å². The van der Waals surface area contributed by atoms with Gasteiger partial charge < -0.3 is 10.6 Å². The summed E-state index contributed by atoms with van der Waals surface area (Å²) in [6, 6.07) is 13.3. The first-order chi connectivity index (χ1) is 12.9. The Bertz CT molecular complexity index is 919. The zero-order chi connectivity index (χ0) is 19.3. The molecular weight excluding hydrogens is 338 g/mol. The van der Waals surface area contributed by atoms with Crippen LogP contribution in [0.3, 0.4) is 0 Å². The maximum Gasteiger partial charge on any atom is 0.274 e. The second kappa shape index (κ2) is 7.95. The van der Waals surface area contributed by atoms with Gasteiger partial charge in [-0.2, -0.15) is 0 Å². The Morgan fingerprint density at radius 2 is 1.78 bits per heavy atom. The molecule has 0 aliphatic heterocycles. The van der Waals surface area contributed by atoms with Crippen LogP contribution >= 0.6 is 0 Å². The van der Waals surface area contributed by atoms with Crippen LogP contribution in [0.25, 0.3) is 0 Å². The van der Waals surface area contributed by atoms with Gasteiger partial charge in [-0.05, 0) is 34.7 Å². The summed E-state index contributed by atoms with van der Waals surface area (Å²) >= 11 is 0. The molecule has 138 valence electrons. The number of benzene rings is 1. The van der Waals surface area contributed by atoms with Gasteiger partial charge >= 0.3 is 0 Å². The van der Waals surface area contributed by atoms with Gasteiger partial charge in [0, 0.05) is 30.7 Å². The third kappa shape index (κ3) is 4.88. The molecule has 1 amide bonds. The van der Waals surface area contributed by atoms with Crippen LogP contribution in [0.4, 0.5) is 11.5 Å². The second-order valence-electron chi connectivity index (χ2n) is 7.25. The molecule has 0 atom stereocenters. The zero-order valence-electron chi connectivity index (χ0n) is 15.7. The smallest absolute Gasteiger partial charge is 0.274 e. The molecule has 0 saturated carbocycles.